The summed E-state index contributed by atoms with van der Waals surface area (Å²) >= 11 is 0. The van der Waals surface area contributed by atoms with Gasteiger partial charge in [0, 0.05) is 5.41 Å². The first-order valence-electron chi connectivity index (χ1n) is 9.69. The molecule has 2 aromatic carbocycles. The van der Waals surface area contributed by atoms with Gasteiger partial charge >= 0.3 is 12.4 Å². The quantitative estimate of drug-likeness (QED) is 0.406. The minimum absolute atomic E-state index is 0.128. The smallest absolute Gasteiger partial charge is 0.373 e. The predicted octanol–water partition coefficient (Wildman–Crippen LogP) is 7.81. The van der Waals surface area contributed by atoms with Gasteiger partial charge in [-0.3, -0.25) is 0 Å². The summed E-state index contributed by atoms with van der Waals surface area (Å²) < 4.78 is 84.6. The van der Waals surface area contributed by atoms with Gasteiger partial charge in [-0.15, -0.1) is 0 Å². The maximum Gasteiger partial charge on any atom is 0.416 e. The van der Waals surface area contributed by atoms with Crippen molar-refractivity contribution in [3.63, 3.8) is 0 Å². The van der Waals surface area contributed by atoms with Gasteiger partial charge in [0.1, 0.15) is 0 Å². The molecule has 30 heavy (non-hydrogen) atoms. The van der Waals surface area contributed by atoms with Crippen LogP contribution < -0.4 is 0 Å². The highest BCUT2D eigenvalue weighted by Crippen LogP contribution is 2.39. The summed E-state index contributed by atoms with van der Waals surface area (Å²) in [6.45, 7) is 7.72. The molecule has 2 atom stereocenters. The molecule has 0 saturated carbocycles. The zero-order chi connectivity index (χ0) is 22.7. The molecule has 0 aromatic heterocycles. The van der Waals surface area contributed by atoms with Crippen LogP contribution in [0.1, 0.15) is 62.5 Å². The molecule has 2 rings (SSSR count). The van der Waals surface area contributed by atoms with E-state index in [0.717, 1.165) is 24.1 Å². The van der Waals surface area contributed by atoms with Crippen LogP contribution in [0.25, 0.3) is 0 Å². The van der Waals surface area contributed by atoms with Gasteiger partial charge in [-0.2, -0.15) is 26.3 Å². The summed E-state index contributed by atoms with van der Waals surface area (Å²) in [5.41, 5.74) is -2.26. The van der Waals surface area contributed by atoms with Crippen molar-refractivity contribution in [3.05, 3.63) is 70.8 Å². The van der Waals surface area contributed by atoms with Crippen LogP contribution in [0, 0.1) is 5.92 Å². The van der Waals surface area contributed by atoms with Crippen LogP contribution in [0.5, 0.6) is 0 Å². The van der Waals surface area contributed by atoms with Gasteiger partial charge in [-0.25, -0.2) is 0 Å². The third-order valence-corrected chi connectivity index (χ3v) is 5.06. The van der Waals surface area contributed by atoms with Crippen LogP contribution in [-0.2, 0) is 22.5 Å². The highest BCUT2D eigenvalue weighted by Gasteiger charge is 2.37. The zero-order valence-electron chi connectivity index (χ0n) is 17.4. The van der Waals surface area contributed by atoms with Gasteiger partial charge < -0.3 is 4.74 Å². The van der Waals surface area contributed by atoms with Crippen LogP contribution in [-0.4, -0.2) is 6.61 Å². The molecule has 0 spiro atoms. The van der Waals surface area contributed by atoms with E-state index in [2.05, 4.69) is 0 Å². The lowest BCUT2D eigenvalue weighted by atomic mass is 9.76. The van der Waals surface area contributed by atoms with E-state index in [4.69, 9.17) is 4.74 Å². The Morgan fingerprint density at radius 3 is 1.70 bits per heavy atom. The zero-order valence-corrected chi connectivity index (χ0v) is 17.4. The van der Waals surface area contributed by atoms with Crippen molar-refractivity contribution in [2.24, 2.45) is 5.92 Å². The van der Waals surface area contributed by atoms with Gasteiger partial charge in [-0.05, 0) is 48.6 Å². The highest BCUT2D eigenvalue weighted by molar-refractivity contribution is 5.35. The van der Waals surface area contributed by atoms with E-state index in [1.807, 2.05) is 51.1 Å². The molecule has 0 aliphatic heterocycles. The van der Waals surface area contributed by atoms with E-state index in [9.17, 15) is 26.3 Å². The average molecular weight is 432 g/mol. The van der Waals surface area contributed by atoms with Gasteiger partial charge in [0.05, 0.1) is 23.8 Å². The van der Waals surface area contributed by atoms with Crippen LogP contribution in [0.15, 0.2) is 48.5 Å². The molecule has 0 N–H and O–H groups in total. The average Bonchev–Trinajstić information content (AvgIpc) is 2.64. The van der Waals surface area contributed by atoms with Crippen LogP contribution in [0.4, 0.5) is 26.3 Å². The minimum atomic E-state index is -4.88. The molecule has 0 saturated heterocycles. The SMILES string of the molecule is CC(C)C[C@](C)(CO[C@H](C)c1cc(C(F)(F)F)cc(C(F)(F)F)c1)c1ccccc1. The van der Waals surface area contributed by atoms with E-state index in [1.165, 1.54) is 6.92 Å². The minimum Gasteiger partial charge on any atom is -0.373 e. The summed E-state index contributed by atoms with van der Waals surface area (Å²) in [5.74, 6) is 0.319. The maximum absolute atomic E-state index is 13.1. The van der Waals surface area contributed by atoms with Crippen LogP contribution in [0.2, 0.25) is 0 Å². The fourth-order valence-corrected chi connectivity index (χ4v) is 3.62. The Morgan fingerprint density at radius 1 is 0.767 bits per heavy atom. The van der Waals surface area contributed by atoms with Crippen LogP contribution >= 0.6 is 0 Å². The van der Waals surface area contributed by atoms with E-state index in [-0.39, 0.29) is 18.2 Å². The number of ether oxygens (including phenoxy) is 1. The molecule has 0 heterocycles. The first kappa shape index (κ1) is 24.3. The predicted molar refractivity (Wildman–Crippen MR) is 104 cm³/mol. The van der Waals surface area contributed by atoms with Gasteiger partial charge in [0.15, 0.2) is 0 Å². The lowest BCUT2D eigenvalue weighted by molar-refractivity contribution is -0.143. The fourth-order valence-electron chi connectivity index (χ4n) is 3.62. The first-order valence-corrected chi connectivity index (χ1v) is 9.69. The standard InChI is InChI=1S/C23H26F6O/c1-15(2)13-21(4,18-8-6-5-7-9-18)14-30-16(3)17-10-19(22(24,25)26)12-20(11-17)23(27,28)29/h5-12,15-16H,13-14H2,1-4H3/t16-,21-/m1/s1. The number of hydrogen-bond acceptors (Lipinski definition) is 1. The summed E-state index contributed by atoms with van der Waals surface area (Å²) in [5, 5.41) is 0. The van der Waals surface area contributed by atoms with E-state index >= 15 is 0 Å². The largest absolute Gasteiger partial charge is 0.416 e. The van der Waals surface area contributed by atoms with Crippen molar-refractivity contribution in [2.75, 3.05) is 6.61 Å². The normalized spacial score (nSPS) is 15.8. The summed E-state index contributed by atoms with van der Waals surface area (Å²) in [6, 6.07) is 11.1. The number of alkyl halides is 6. The van der Waals surface area contributed by atoms with Crippen molar-refractivity contribution < 1.29 is 31.1 Å². The Hall–Kier alpha value is -2.02. The van der Waals surface area contributed by atoms with Crippen molar-refractivity contribution in [3.8, 4) is 0 Å². The molecule has 0 bridgehead atoms. The lowest BCUT2D eigenvalue weighted by Crippen LogP contribution is -2.31. The molecule has 7 heteroatoms. The molecule has 0 unspecified atom stereocenters. The lowest BCUT2D eigenvalue weighted by Gasteiger charge is -2.33. The number of halogens is 6. The molecule has 2 aromatic rings. The Morgan fingerprint density at radius 2 is 1.27 bits per heavy atom. The Labute approximate surface area is 173 Å². The van der Waals surface area contributed by atoms with Crippen LogP contribution in [0.3, 0.4) is 0 Å². The van der Waals surface area contributed by atoms with Gasteiger partial charge in [-0.1, -0.05) is 51.1 Å². The highest BCUT2D eigenvalue weighted by atomic mass is 19.4. The van der Waals surface area contributed by atoms with Gasteiger partial charge in [0.25, 0.3) is 0 Å². The van der Waals surface area contributed by atoms with Crippen molar-refractivity contribution in [1.82, 2.24) is 0 Å². The third kappa shape index (κ3) is 6.24. The number of rotatable bonds is 7. The Balaban J connectivity index is 2.32. The van der Waals surface area contributed by atoms with Gasteiger partial charge in [0.2, 0.25) is 0 Å². The fraction of sp³-hybridized carbons (Fsp3) is 0.478. The molecule has 0 aliphatic carbocycles. The molecule has 0 aliphatic rings. The Kier molecular flexibility index (Phi) is 7.28. The topological polar surface area (TPSA) is 9.23 Å². The second kappa shape index (κ2) is 9.00. The number of benzene rings is 2. The molecular weight excluding hydrogens is 406 g/mol. The summed E-state index contributed by atoms with van der Waals surface area (Å²) in [7, 11) is 0. The van der Waals surface area contributed by atoms with E-state index in [0.29, 0.717) is 5.92 Å². The summed E-state index contributed by atoms with van der Waals surface area (Å²) in [6.07, 6.45) is -9.96. The van der Waals surface area contributed by atoms with E-state index < -0.39 is 35.0 Å². The first-order chi connectivity index (χ1) is 13.7. The molecule has 166 valence electrons. The molecule has 0 amide bonds. The Bertz CT molecular complexity index is 794. The molecule has 1 nitrogen and oxygen atoms in total. The monoisotopic (exact) mass is 432 g/mol. The van der Waals surface area contributed by atoms with Crippen molar-refractivity contribution in [2.45, 2.75) is 58.0 Å². The molecule has 0 radical (unpaired) electrons. The van der Waals surface area contributed by atoms with Crippen molar-refractivity contribution >= 4 is 0 Å². The summed E-state index contributed by atoms with van der Waals surface area (Å²) in [4.78, 5) is 0. The molecular formula is C23H26F6O. The number of hydrogen-bond donors (Lipinski definition) is 0. The second-order valence-electron chi connectivity index (χ2n) is 8.32. The van der Waals surface area contributed by atoms with E-state index in [1.54, 1.807) is 0 Å². The van der Waals surface area contributed by atoms with Crippen molar-refractivity contribution in [1.29, 1.82) is 0 Å². The molecule has 0 fully saturated rings. The second-order valence-corrected chi connectivity index (χ2v) is 8.32. The third-order valence-electron chi connectivity index (χ3n) is 5.06. The maximum atomic E-state index is 13.1.